The van der Waals surface area contributed by atoms with Gasteiger partial charge in [-0.15, -0.1) is 0 Å². The summed E-state index contributed by atoms with van der Waals surface area (Å²) in [4.78, 5) is 12.3. The van der Waals surface area contributed by atoms with Crippen LogP contribution < -0.4 is 10.1 Å². The van der Waals surface area contributed by atoms with Crippen LogP contribution in [0.5, 0.6) is 5.75 Å². The van der Waals surface area contributed by atoms with E-state index in [4.69, 9.17) is 4.74 Å². The molecule has 2 rings (SSSR count). The number of carbonyl (C=O) groups excluding carboxylic acids is 1. The maximum Gasteiger partial charge on any atom is 0.262 e. The van der Waals surface area contributed by atoms with E-state index in [1.807, 2.05) is 30.3 Å². The maximum atomic E-state index is 12.3. The van der Waals surface area contributed by atoms with Crippen LogP contribution in [0.15, 0.2) is 29.8 Å². The monoisotopic (exact) mass is 298 g/mol. The Hall–Kier alpha value is -2.28. The summed E-state index contributed by atoms with van der Waals surface area (Å²) >= 11 is 0. The third-order valence-corrected chi connectivity index (χ3v) is 4.23. The fourth-order valence-corrected chi connectivity index (χ4v) is 2.87. The number of amides is 1. The average Bonchev–Trinajstić information content (AvgIpc) is 2.55. The Balaban J connectivity index is 2.15. The molecule has 1 saturated carbocycles. The summed E-state index contributed by atoms with van der Waals surface area (Å²) in [6.07, 6.45) is 6.05. The van der Waals surface area contributed by atoms with Crippen molar-refractivity contribution in [1.82, 2.24) is 5.32 Å². The molecular formula is C18H22N2O2. The largest absolute Gasteiger partial charge is 0.496 e. The van der Waals surface area contributed by atoms with E-state index in [0.29, 0.717) is 11.7 Å². The Morgan fingerprint density at radius 3 is 2.77 bits per heavy atom. The highest BCUT2D eigenvalue weighted by Crippen LogP contribution is 2.24. The summed E-state index contributed by atoms with van der Waals surface area (Å²) in [5.41, 5.74) is 0.843. The molecule has 1 aromatic carbocycles. The van der Waals surface area contributed by atoms with Crippen LogP contribution in [0.3, 0.4) is 0 Å². The number of ether oxygens (including phenoxy) is 1. The van der Waals surface area contributed by atoms with E-state index in [0.717, 1.165) is 24.8 Å². The molecule has 0 unspecified atom stereocenters. The van der Waals surface area contributed by atoms with Crippen LogP contribution in [0.4, 0.5) is 0 Å². The van der Waals surface area contributed by atoms with E-state index in [-0.39, 0.29) is 17.5 Å². The van der Waals surface area contributed by atoms with Gasteiger partial charge in [-0.25, -0.2) is 0 Å². The molecule has 1 aromatic rings. The highest BCUT2D eigenvalue weighted by atomic mass is 16.5. The second-order valence-corrected chi connectivity index (χ2v) is 5.75. The standard InChI is InChI=1S/C18H22N2O2/c1-13-7-3-5-9-16(13)20-18(21)15(12-19)11-14-8-4-6-10-17(14)22-2/h4,6,8,10-11,13,16H,3,5,7,9H2,1-2H3,(H,20,21)/b15-11+/t13-,16-/m1/s1. The molecule has 1 amide bonds. The zero-order chi connectivity index (χ0) is 15.9. The van der Waals surface area contributed by atoms with Gasteiger partial charge in [0.15, 0.2) is 0 Å². The lowest BCUT2D eigenvalue weighted by Gasteiger charge is -2.29. The van der Waals surface area contributed by atoms with Crippen LogP contribution in [-0.2, 0) is 4.79 Å². The Morgan fingerprint density at radius 2 is 2.09 bits per heavy atom. The van der Waals surface area contributed by atoms with Gasteiger partial charge >= 0.3 is 0 Å². The summed E-state index contributed by atoms with van der Waals surface area (Å²) in [7, 11) is 1.57. The summed E-state index contributed by atoms with van der Waals surface area (Å²) in [5.74, 6) is 0.810. The zero-order valence-electron chi connectivity index (χ0n) is 13.1. The third kappa shape index (κ3) is 3.88. The topological polar surface area (TPSA) is 62.1 Å². The predicted molar refractivity (Wildman–Crippen MR) is 86.1 cm³/mol. The Kier molecular flexibility index (Phi) is 5.60. The second-order valence-electron chi connectivity index (χ2n) is 5.75. The van der Waals surface area contributed by atoms with Crippen molar-refractivity contribution in [3.8, 4) is 11.8 Å². The summed E-state index contributed by atoms with van der Waals surface area (Å²) in [6.45, 7) is 2.15. The van der Waals surface area contributed by atoms with E-state index in [1.54, 1.807) is 13.2 Å². The van der Waals surface area contributed by atoms with Crippen molar-refractivity contribution in [2.45, 2.75) is 38.6 Å². The number of methoxy groups -OCH3 is 1. The number of para-hydroxylation sites is 1. The molecule has 22 heavy (non-hydrogen) atoms. The molecule has 0 heterocycles. The van der Waals surface area contributed by atoms with Gasteiger partial charge in [0.2, 0.25) is 0 Å². The minimum Gasteiger partial charge on any atom is -0.496 e. The van der Waals surface area contributed by atoms with E-state index in [1.165, 1.54) is 6.42 Å². The smallest absolute Gasteiger partial charge is 0.262 e. The van der Waals surface area contributed by atoms with E-state index >= 15 is 0 Å². The van der Waals surface area contributed by atoms with E-state index < -0.39 is 0 Å². The second kappa shape index (κ2) is 7.65. The number of carbonyl (C=O) groups is 1. The number of nitriles is 1. The molecule has 2 atom stereocenters. The highest BCUT2D eigenvalue weighted by molar-refractivity contribution is 6.02. The molecule has 1 N–H and O–H groups in total. The van der Waals surface area contributed by atoms with Gasteiger partial charge in [-0.2, -0.15) is 5.26 Å². The van der Waals surface area contributed by atoms with Crippen molar-refractivity contribution in [2.75, 3.05) is 7.11 Å². The highest BCUT2D eigenvalue weighted by Gasteiger charge is 2.24. The van der Waals surface area contributed by atoms with Gasteiger partial charge in [-0.05, 0) is 30.9 Å². The number of nitrogens with zero attached hydrogens (tertiary/aromatic N) is 1. The average molecular weight is 298 g/mol. The quantitative estimate of drug-likeness (QED) is 0.685. The van der Waals surface area contributed by atoms with Gasteiger partial charge in [-0.3, -0.25) is 4.79 Å². The van der Waals surface area contributed by atoms with Crippen LogP contribution in [0, 0.1) is 17.2 Å². The lowest BCUT2D eigenvalue weighted by atomic mass is 9.86. The number of rotatable bonds is 4. The van der Waals surface area contributed by atoms with Crippen molar-refractivity contribution in [3.05, 3.63) is 35.4 Å². The molecule has 4 nitrogen and oxygen atoms in total. The minimum atomic E-state index is -0.299. The fourth-order valence-electron chi connectivity index (χ4n) is 2.87. The van der Waals surface area contributed by atoms with Crippen LogP contribution in [0.1, 0.15) is 38.2 Å². The minimum absolute atomic E-state index is 0.113. The molecule has 0 aromatic heterocycles. The van der Waals surface area contributed by atoms with Crippen LogP contribution >= 0.6 is 0 Å². The van der Waals surface area contributed by atoms with Crippen molar-refractivity contribution < 1.29 is 9.53 Å². The Labute approximate surface area is 131 Å². The van der Waals surface area contributed by atoms with Crippen molar-refractivity contribution >= 4 is 12.0 Å². The molecule has 1 aliphatic carbocycles. The van der Waals surface area contributed by atoms with E-state index in [9.17, 15) is 10.1 Å². The molecular weight excluding hydrogens is 276 g/mol. The molecule has 0 bridgehead atoms. The molecule has 4 heteroatoms. The van der Waals surface area contributed by atoms with Gasteiger partial charge < -0.3 is 10.1 Å². The summed E-state index contributed by atoms with van der Waals surface area (Å²) < 4.78 is 5.25. The normalized spacial score (nSPS) is 21.8. The van der Waals surface area contributed by atoms with Gasteiger partial charge in [0, 0.05) is 11.6 Å². The van der Waals surface area contributed by atoms with Gasteiger partial charge in [-0.1, -0.05) is 38.0 Å². The first-order valence-corrected chi connectivity index (χ1v) is 7.71. The molecule has 0 saturated heterocycles. The number of nitrogens with one attached hydrogen (secondary N) is 1. The lowest BCUT2D eigenvalue weighted by Crippen LogP contribution is -2.41. The van der Waals surface area contributed by atoms with Crippen molar-refractivity contribution in [1.29, 1.82) is 5.26 Å². The third-order valence-electron chi connectivity index (χ3n) is 4.23. The van der Waals surface area contributed by atoms with Crippen LogP contribution in [0.2, 0.25) is 0 Å². The molecule has 0 aliphatic heterocycles. The first kappa shape index (κ1) is 16.1. The number of hydrogen-bond acceptors (Lipinski definition) is 3. The zero-order valence-corrected chi connectivity index (χ0v) is 13.1. The van der Waals surface area contributed by atoms with Gasteiger partial charge in [0.25, 0.3) is 5.91 Å². The molecule has 1 aliphatic rings. The first-order valence-electron chi connectivity index (χ1n) is 7.71. The fraction of sp³-hybridized carbons (Fsp3) is 0.444. The lowest BCUT2D eigenvalue weighted by molar-refractivity contribution is -0.118. The van der Waals surface area contributed by atoms with Gasteiger partial charge in [0.05, 0.1) is 7.11 Å². The molecule has 0 radical (unpaired) electrons. The van der Waals surface area contributed by atoms with Crippen LogP contribution in [-0.4, -0.2) is 19.1 Å². The number of benzene rings is 1. The summed E-state index contributed by atoms with van der Waals surface area (Å²) in [6, 6.07) is 9.50. The predicted octanol–water partition coefficient (Wildman–Crippen LogP) is 3.30. The number of hydrogen-bond donors (Lipinski definition) is 1. The molecule has 116 valence electrons. The molecule has 1 fully saturated rings. The molecule has 0 spiro atoms. The van der Waals surface area contributed by atoms with Crippen molar-refractivity contribution in [2.24, 2.45) is 5.92 Å². The SMILES string of the molecule is COc1ccccc1/C=C(\C#N)C(=O)N[C@@H]1CCCC[C@H]1C. The van der Waals surface area contributed by atoms with Gasteiger partial charge in [0.1, 0.15) is 17.4 Å². The first-order chi connectivity index (χ1) is 10.7. The maximum absolute atomic E-state index is 12.3. The Bertz CT molecular complexity index is 601. The summed E-state index contributed by atoms with van der Waals surface area (Å²) in [5, 5.41) is 12.3. The van der Waals surface area contributed by atoms with E-state index in [2.05, 4.69) is 12.2 Å². The Morgan fingerprint density at radius 1 is 1.36 bits per heavy atom. The van der Waals surface area contributed by atoms with Crippen LogP contribution in [0.25, 0.3) is 6.08 Å². The van der Waals surface area contributed by atoms with Crippen molar-refractivity contribution in [3.63, 3.8) is 0 Å².